The van der Waals surface area contributed by atoms with Crippen LogP contribution in [-0.4, -0.2) is 53.2 Å². The maximum absolute atomic E-state index is 13.4. The number of carbonyl (C=O) groups excluding carboxylic acids is 3. The molecule has 2 aromatic rings. The van der Waals surface area contributed by atoms with Crippen molar-refractivity contribution in [2.45, 2.75) is 45.4 Å². The van der Waals surface area contributed by atoms with Crippen molar-refractivity contribution < 1.29 is 29.0 Å². The summed E-state index contributed by atoms with van der Waals surface area (Å²) in [5.74, 6) is -0.825. The molecule has 0 aliphatic carbocycles. The van der Waals surface area contributed by atoms with Gasteiger partial charge in [0.25, 0.3) is 5.91 Å². The minimum atomic E-state index is -1.28. The number of hydrogen-bond donors (Lipinski definition) is 3. The zero-order valence-electron chi connectivity index (χ0n) is 20.4. The summed E-state index contributed by atoms with van der Waals surface area (Å²) in [4.78, 5) is 39.9. The molecule has 186 valence electrons. The van der Waals surface area contributed by atoms with Gasteiger partial charge >= 0.3 is 6.09 Å². The number of benzene rings is 2. The van der Waals surface area contributed by atoms with Gasteiger partial charge in [-0.05, 0) is 69.7 Å². The third kappa shape index (κ3) is 7.92. The van der Waals surface area contributed by atoms with Crippen molar-refractivity contribution in [1.82, 2.24) is 10.2 Å². The molecule has 0 fully saturated rings. The average Bonchev–Trinajstić information content (AvgIpc) is 2.77. The molecule has 2 unspecified atom stereocenters. The van der Waals surface area contributed by atoms with Crippen molar-refractivity contribution in [3.05, 3.63) is 54.1 Å². The van der Waals surface area contributed by atoms with Gasteiger partial charge in [-0.15, -0.1) is 0 Å². The number of hydrogen-bond acceptors (Lipinski definition) is 7. The van der Waals surface area contributed by atoms with Crippen LogP contribution in [0.25, 0.3) is 0 Å². The highest BCUT2D eigenvalue weighted by atomic mass is 16.6. The predicted molar refractivity (Wildman–Crippen MR) is 129 cm³/mol. The standard InChI is InChI=1S/C25H30N4O6/c1-16(27-24(33)35-25(2,3)4)23(32)29(14-13-26)21(17-7-6-8-19(30)15-17)22(31)28-18-9-11-20(34-5)12-10-18/h6-12,15-16,21,30H,14H2,1-5H3,(H,27,33)(H,28,31). The van der Waals surface area contributed by atoms with E-state index in [2.05, 4.69) is 10.6 Å². The smallest absolute Gasteiger partial charge is 0.408 e. The molecular weight excluding hydrogens is 452 g/mol. The summed E-state index contributed by atoms with van der Waals surface area (Å²) in [5.41, 5.74) is -0.0593. The van der Waals surface area contributed by atoms with Crippen molar-refractivity contribution in [3.63, 3.8) is 0 Å². The first-order valence-electron chi connectivity index (χ1n) is 10.9. The molecular formula is C25H30N4O6. The van der Waals surface area contributed by atoms with Gasteiger partial charge in [-0.25, -0.2) is 4.79 Å². The van der Waals surface area contributed by atoms with E-state index < -0.39 is 42.1 Å². The number of aromatic hydroxyl groups is 1. The average molecular weight is 483 g/mol. The predicted octanol–water partition coefficient (Wildman–Crippen LogP) is 3.35. The lowest BCUT2D eigenvalue weighted by molar-refractivity contribution is -0.139. The van der Waals surface area contributed by atoms with Crippen molar-refractivity contribution >= 4 is 23.6 Å². The van der Waals surface area contributed by atoms with Gasteiger partial charge in [-0.2, -0.15) is 5.26 Å². The van der Waals surface area contributed by atoms with E-state index in [9.17, 15) is 24.8 Å². The first kappa shape index (κ1) is 27.0. The number of nitrogens with zero attached hydrogens (tertiary/aromatic N) is 2. The molecule has 0 saturated carbocycles. The Labute approximate surface area is 204 Å². The van der Waals surface area contributed by atoms with Crippen LogP contribution < -0.4 is 15.4 Å². The molecule has 0 aliphatic rings. The number of anilines is 1. The second-order valence-corrected chi connectivity index (χ2v) is 8.71. The molecule has 3 N–H and O–H groups in total. The second kappa shape index (κ2) is 11.7. The van der Waals surface area contributed by atoms with E-state index in [1.165, 1.54) is 32.2 Å². The van der Waals surface area contributed by atoms with Crippen molar-refractivity contribution in [2.75, 3.05) is 19.0 Å². The van der Waals surface area contributed by atoms with E-state index in [-0.39, 0.29) is 11.3 Å². The van der Waals surface area contributed by atoms with Crippen LogP contribution in [0.15, 0.2) is 48.5 Å². The van der Waals surface area contributed by atoms with Crippen molar-refractivity contribution in [1.29, 1.82) is 5.26 Å². The first-order valence-corrected chi connectivity index (χ1v) is 10.9. The van der Waals surface area contributed by atoms with Crippen LogP contribution in [0.3, 0.4) is 0 Å². The number of carbonyl (C=O) groups is 3. The van der Waals surface area contributed by atoms with Gasteiger partial charge in [0.2, 0.25) is 5.91 Å². The Balaban J connectivity index is 2.38. The molecule has 2 aromatic carbocycles. The molecule has 10 heteroatoms. The monoisotopic (exact) mass is 482 g/mol. The van der Waals surface area contributed by atoms with Crippen LogP contribution in [-0.2, 0) is 14.3 Å². The van der Waals surface area contributed by atoms with Crippen LogP contribution >= 0.6 is 0 Å². The third-order valence-corrected chi connectivity index (χ3v) is 4.73. The van der Waals surface area contributed by atoms with Gasteiger partial charge in [0, 0.05) is 5.69 Å². The van der Waals surface area contributed by atoms with E-state index in [1.54, 1.807) is 51.1 Å². The van der Waals surface area contributed by atoms with Crippen LogP contribution in [0.1, 0.15) is 39.3 Å². The lowest BCUT2D eigenvalue weighted by atomic mass is 10.0. The van der Waals surface area contributed by atoms with E-state index in [4.69, 9.17) is 9.47 Å². The minimum Gasteiger partial charge on any atom is -0.508 e. The molecule has 0 aromatic heterocycles. The largest absolute Gasteiger partial charge is 0.508 e. The molecule has 3 amide bonds. The second-order valence-electron chi connectivity index (χ2n) is 8.71. The van der Waals surface area contributed by atoms with Gasteiger partial charge in [0.05, 0.1) is 13.2 Å². The molecule has 35 heavy (non-hydrogen) atoms. The molecule has 2 atom stereocenters. The van der Waals surface area contributed by atoms with E-state index in [1.807, 2.05) is 6.07 Å². The van der Waals surface area contributed by atoms with Crippen LogP contribution in [0, 0.1) is 11.3 Å². The minimum absolute atomic E-state index is 0.117. The van der Waals surface area contributed by atoms with Crippen molar-refractivity contribution in [2.24, 2.45) is 0 Å². The Hall–Kier alpha value is -4.26. The number of amides is 3. The molecule has 0 saturated heterocycles. The summed E-state index contributed by atoms with van der Waals surface area (Å²) in [5, 5.41) is 24.6. The SMILES string of the molecule is COc1ccc(NC(=O)C(c2cccc(O)c2)N(CC#N)C(=O)C(C)NC(=O)OC(C)(C)C)cc1. The highest BCUT2D eigenvalue weighted by Gasteiger charge is 2.35. The molecule has 0 spiro atoms. The fraction of sp³-hybridized carbons (Fsp3) is 0.360. The molecule has 10 nitrogen and oxygen atoms in total. The van der Waals surface area contributed by atoms with Crippen molar-refractivity contribution in [3.8, 4) is 17.6 Å². The molecule has 2 rings (SSSR count). The third-order valence-electron chi connectivity index (χ3n) is 4.73. The summed E-state index contributed by atoms with van der Waals surface area (Å²) in [6.45, 7) is 6.03. The van der Waals surface area contributed by atoms with Crippen LogP contribution in [0.4, 0.5) is 10.5 Å². The van der Waals surface area contributed by atoms with Gasteiger partial charge in [0.1, 0.15) is 35.7 Å². The Morgan fingerprint density at radius 2 is 1.80 bits per heavy atom. The molecule has 0 bridgehead atoms. The fourth-order valence-corrected chi connectivity index (χ4v) is 3.22. The Morgan fingerprint density at radius 1 is 1.14 bits per heavy atom. The Bertz CT molecular complexity index is 1090. The first-order chi connectivity index (χ1) is 16.4. The number of phenols is 1. The zero-order chi connectivity index (χ0) is 26.2. The Kier molecular flexibility index (Phi) is 9.05. The number of methoxy groups -OCH3 is 1. The number of alkyl carbamates (subject to hydrolysis) is 1. The summed E-state index contributed by atoms with van der Waals surface area (Å²) >= 11 is 0. The fourth-order valence-electron chi connectivity index (χ4n) is 3.22. The van der Waals surface area contributed by atoms with E-state index in [0.717, 1.165) is 4.90 Å². The number of phenolic OH excluding ortho intramolecular Hbond substituents is 1. The quantitative estimate of drug-likeness (QED) is 0.490. The van der Waals surface area contributed by atoms with E-state index >= 15 is 0 Å². The van der Waals surface area contributed by atoms with Gasteiger partial charge < -0.3 is 30.1 Å². The Morgan fingerprint density at radius 3 is 2.34 bits per heavy atom. The van der Waals surface area contributed by atoms with Gasteiger partial charge in [0.15, 0.2) is 0 Å². The lowest BCUT2D eigenvalue weighted by Gasteiger charge is -2.32. The number of ether oxygens (including phenoxy) is 2. The summed E-state index contributed by atoms with van der Waals surface area (Å²) in [7, 11) is 1.52. The summed E-state index contributed by atoms with van der Waals surface area (Å²) in [6.07, 6.45) is -0.813. The highest BCUT2D eigenvalue weighted by molar-refractivity contribution is 5.99. The summed E-state index contributed by atoms with van der Waals surface area (Å²) < 4.78 is 10.3. The normalized spacial score (nSPS) is 12.5. The van der Waals surface area contributed by atoms with Crippen LogP contribution in [0.5, 0.6) is 11.5 Å². The topological polar surface area (TPSA) is 141 Å². The maximum Gasteiger partial charge on any atom is 0.408 e. The highest BCUT2D eigenvalue weighted by Crippen LogP contribution is 2.27. The zero-order valence-corrected chi connectivity index (χ0v) is 20.4. The number of nitrogens with one attached hydrogen (secondary N) is 2. The summed E-state index contributed by atoms with van der Waals surface area (Å²) in [6, 6.07) is 11.9. The van der Waals surface area contributed by atoms with Gasteiger partial charge in [-0.1, -0.05) is 12.1 Å². The maximum atomic E-state index is 13.4. The molecule has 0 heterocycles. The number of nitriles is 1. The molecule has 0 radical (unpaired) electrons. The van der Waals surface area contributed by atoms with Crippen LogP contribution in [0.2, 0.25) is 0 Å². The lowest BCUT2D eigenvalue weighted by Crippen LogP contribution is -2.51. The molecule has 0 aliphatic heterocycles. The van der Waals surface area contributed by atoms with E-state index in [0.29, 0.717) is 11.4 Å². The number of rotatable bonds is 8. The van der Waals surface area contributed by atoms with Gasteiger partial charge in [-0.3, -0.25) is 9.59 Å².